The highest BCUT2D eigenvalue weighted by atomic mass is 16.5. The number of methoxy groups -OCH3 is 2. The van der Waals surface area contributed by atoms with Crippen molar-refractivity contribution in [1.82, 2.24) is 5.32 Å². The lowest BCUT2D eigenvalue weighted by Crippen LogP contribution is -2.43. The monoisotopic (exact) mass is 359 g/mol. The summed E-state index contributed by atoms with van der Waals surface area (Å²) in [6.45, 7) is 3.93. The number of carbonyl (C=O) groups is 1. The Morgan fingerprint density at radius 3 is 2.19 bits per heavy atom. The summed E-state index contributed by atoms with van der Waals surface area (Å²) in [5.74, 6) is 2.53. The minimum atomic E-state index is -0.634. The molecule has 0 aliphatic carbocycles. The molecule has 0 aliphatic rings. The summed E-state index contributed by atoms with van der Waals surface area (Å²) in [7, 11) is 3.20. The van der Waals surface area contributed by atoms with E-state index in [9.17, 15) is 4.79 Å². The van der Waals surface area contributed by atoms with Gasteiger partial charge in [-0.25, -0.2) is 0 Å². The molecule has 0 fully saturated rings. The quantitative estimate of drug-likeness (QED) is 0.745. The molecule has 0 radical (unpaired) electrons. The van der Waals surface area contributed by atoms with Gasteiger partial charge in [0.05, 0.1) is 20.3 Å². The Labute approximate surface area is 154 Å². The van der Waals surface area contributed by atoms with Gasteiger partial charge in [-0.1, -0.05) is 6.07 Å². The lowest BCUT2D eigenvalue weighted by molar-refractivity contribution is -0.128. The molecule has 1 amide bonds. The molecular weight excluding hydrogens is 334 g/mol. The highest BCUT2D eigenvalue weighted by Gasteiger charge is 2.17. The number of hydrogen-bond acceptors (Lipinski definition) is 5. The highest BCUT2D eigenvalue weighted by Crippen LogP contribution is 2.20. The molecule has 0 saturated heterocycles. The van der Waals surface area contributed by atoms with Crippen LogP contribution in [-0.4, -0.2) is 38.9 Å². The van der Waals surface area contributed by atoms with Crippen molar-refractivity contribution in [3.63, 3.8) is 0 Å². The Hall–Kier alpha value is -2.89. The van der Waals surface area contributed by atoms with E-state index in [1.54, 1.807) is 33.3 Å². The van der Waals surface area contributed by atoms with Crippen LogP contribution in [0.1, 0.15) is 13.8 Å². The average Bonchev–Trinajstić information content (AvgIpc) is 2.66. The largest absolute Gasteiger partial charge is 0.497 e. The van der Waals surface area contributed by atoms with Crippen molar-refractivity contribution in [2.75, 3.05) is 20.8 Å². The van der Waals surface area contributed by atoms with Crippen LogP contribution in [0.2, 0.25) is 0 Å². The van der Waals surface area contributed by atoms with E-state index >= 15 is 0 Å². The van der Waals surface area contributed by atoms with E-state index in [1.165, 1.54) is 0 Å². The molecule has 0 heterocycles. The third-order valence-electron chi connectivity index (χ3n) is 3.67. The van der Waals surface area contributed by atoms with Crippen LogP contribution >= 0.6 is 0 Å². The summed E-state index contributed by atoms with van der Waals surface area (Å²) in [5, 5.41) is 2.88. The summed E-state index contributed by atoms with van der Waals surface area (Å²) in [4.78, 5) is 12.3. The van der Waals surface area contributed by atoms with Crippen molar-refractivity contribution >= 4 is 5.91 Å². The second kappa shape index (κ2) is 9.56. The number of benzene rings is 2. The Bertz CT molecular complexity index is 702. The number of ether oxygens (including phenoxy) is 4. The van der Waals surface area contributed by atoms with Crippen molar-refractivity contribution in [2.24, 2.45) is 0 Å². The Morgan fingerprint density at radius 1 is 0.923 bits per heavy atom. The van der Waals surface area contributed by atoms with Gasteiger partial charge in [-0.3, -0.25) is 4.79 Å². The minimum absolute atomic E-state index is 0.166. The van der Waals surface area contributed by atoms with Gasteiger partial charge in [-0.2, -0.15) is 0 Å². The van der Waals surface area contributed by atoms with Crippen molar-refractivity contribution in [3.05, 3.63) is 48.5 Å². The zero-order valence-electron chi connectivity index (χ0n) is 15.5. The van der Waals surface area contributed by atoms with Crippen molar-refractivity contribution in [1.29, 1.82) is 0 Å². The zero-order chi connectivity index (χ0) is 18.9. The Morgan fingerprint density at radius 2 is 1.54 bits per heavy atom. The second-order valence-corrected chi connectivity index (χ2v) is 5.84. The number of hydrogen-bond donors (Lipinski definition) is 1. The van der Waals surface area contributed by atoms with Crippen LogP contribution in [0.25, 0.3) is 0 Å². The maximum absolute atomic E-state index is 12.3. The van der Waals surface area contributed by atoms with Crippen LogP contribution in [0.5, 0.6) is 23.0 Å². The van der Waals surface area contributed by atoms with E-state index in [4.69, 9.17) is 18.9 Å². The molecule has 2 aromatic rings. The number of amides is 1. The number of nitrogens with one attached hydrogen (secondary N) is 1. The molecule has 0 saturated carbocycles. The van der Waals surface area contributed by atoms with Crippen molar-refractivity contribution < 1.29 is 23.7 Å². The molecule has 0 spiro atoms. The SMILES string of the molecule is COc1ccc(OC[C@@H](C)NC(=O)[C@H](C)Oc2cccc(OC)c2)cc1. The maximum Gasteiger partial charge on any atom is 0.261 e. The van der Waals surface area contributed by atoms with Gasteiger partial charge in [0.1, 0.15) is 29.6 Å². The summed E-state index contributed by atoms with van der Waals surface area (Å²) >= 11 is 0. The number of carbonyl (C=O) groups excluding carboxylic acids is 1. The van der Waals surface area contributed by atoms with Gasteiger partial charge in [0, 0.05) is 6.07 Å². The van der Waals surface area contributed by atoms with Crippen LogP contribution in [0.15, 0.2) is 48.5 Å². The first-order valence-electron chi connectivity index (χ1n) is 8.39. The molecule has 0 aromatic heterocycles. The summed E-state index contributed by atoms with van der Waals surface area (Å²) in [5.41, 5.74) is 0. The molecule has 6 heteroatoms. The lowest BCUT2D eigenvalue weighted by atomic mass is 10.3. The molecule has 2 atom stereocenters. The van der Waals surface area contributed by atoms with E-state index < -0.39 is 6.10 Å². The molecule has 26 heavy (non-hydrogen) atoms. The van der Waals surface area contributed by atoms with Gasteiger partial charge in [0.2, 0.25) is 0 Å². The van der Waals surface area contributed by atoms with Crippen LogP contribution in [0, 0.1) is 0 Å². The minimum Gasteiger partial charge on any atom is -0.497 e. The standard InChI is InChI=1S/C20H25NO5/c1-14(13-25-17-10-8-16(23-3)9-11-17)21-20(22)15(2)26-19-7-5-6-18(12-19)24-4/h5-12,14-15H,13H2,1-4H3,(H,21,22)/t14-,15+/m1/s1. The molecule has 0 aliphatic heterocycles. The van der Waals surface area contributed by atoms with Gasteiger partial charge in [-0.15, -0.1) is 0 Å². The predicted molar refractivity (Wildman–Crippen MR) is 99.2 cm³/mol. The molecule has 2 aromatic carbocycles. The fourth-order valence-electron chi connectivity index (χ4n) is 2.23. The Balaban J connectivity index is 1.79. The molecule has 0 unspecified atom stereocenters. The van der Waals surface area contributed by atoms with E-state index in [-0.39, 0.29) is 11.9 Å². The highest BCUT2D eigenvalue weighted by molar-refractivity contribution is 5.81. The first-order chi connectivity index (χ1) is 12.5. The molecule has 6 nitrogen and oxygen atoms in total. The van der Waals surface area contributed by atoms with E-state index in [2.05, 4.69) is 5.32 Å². The Kier molecular flexibility index (Phi) is 7.14. The molecule has 140 valence electrons. The van der Waals surface area contributed by atoms with Crippen molar-refractivity contribution in [3.8, 4) is 23.0 Å². The van der Waals surface area contributed by atoms with Gasteiger partial charge >= 0.3 is 0 Å². The van der Waals surface area contributed by atoms with Gasteiger partial charge in [0.15, 0.2) is 6.10 Å². The third-order valence-corrected chi connectivity index (χ3v) is 3.67. The molecule has 2 rings (SSSR count). The van der Waals surface area contributed by atoms with E-state index in [0.717, 1.165) is 5.75 Å². The van der Waals surface area contributed by atoms with Gasteiger partial charge in [0.25, 0.3) is 5.91 Å². The fraction of sp³-hybridized carbons (Fsp3) is 0.350. The summed E-state index contributed by atoms with van der Waals surface area (Å²) in [6.07, 6.45) is -0.634. The summed E-state index contributed by atoms with van der Waals surface area (Å²) in [6, 6.07) is 14.3. The van der Waals surface area contributed by atoms with Crippen LogP contribution in [-0.2, 0) is 4.79 Å². The third kappa shape index (κ3) is 5.88. The van der Waals surface area contributed by atoms with Crippen LogP contribution < -0.4 is 24.3 Å². The maximum atomic E-state index is 12.3. The van der Waals surface area contributed by atoms with Crippen LogP contribution in [0.4, 0.5) is 0 Å². The molecule has 1 N–H and O–H groups in total. The predicted octanol–water partition coefficient (Wildman–Crippen LogP) is 3.05. The first-order valence-corrected chi connectivity index (χ1v) is 8.39. The zero-order valence-corrected chi connectivity index (χ0v) is 15.5. The average molecular weight is 359 g/mol. The van der Waals surface area contributed by atoms with E-state index in [0.29, 0.717) is 23.9 Å². The smallest absolute Gasteiger partial charge is 0.261 e. The summed E-state index contributed by atoms with van der Waals surface area (Å²) < 4.78 is 21.6. The normalized spacial score (nSPS) is 12.6. The number of rotatable bonds is 9. The topological polar surface area (TPSA) is 66.0 Å². The van der Waals surface area contributed by atoms with Gasteiger partial charge in [-0.05, 0) is 50.2 Å². The van der Waals surface area contributed by atoms with Gasteiger partial charge < -0.3 is 24.3 Å². The lowest BCUT2D eigenvalue weighted by Gasteiger charge is -2.19. The molecular formula is C20H25NO5. The fourth-order valence-corrected chi connectivity index (χ4v) is 2.23. The van der Waals surface area contributed by atoms with Crippen LogP contribution in [0.3, 0.4) is 0 Å². The first kappa shape index (κ1) is 19.4. The second-order valence-electron chi connectivity index (χ2n) is 5.84. The van der Waals surface area contributed by atoms with Crippen molar-refractivity contribution in [2.45, 2.75) is 26.0 Å². The molecule has 0 bridgehead atoms. The van der Waals surface area contributed by atoms with E-state index in [1.807, 2.05) is 43.3 Å².